The largest absolute Gasteiger partial charge is 0.460 e. The van der Waals surface area contributed by atoms with Crippen molar-refractivity contribution in [3.8, 4) is 0 Å². The Hall–Kier alpha value is -2.97. The Bertz CT molecular complexity index is 799. The summed E-state index contributed by atoms with van der Waals surface area (Å²) in [7, 11) is 0. The van der Waals surface area contributed by atoms with Crippen LogP contribution in [0.1, 0.15) is 46.6 Å². The van der Waals surface area contributed by atoms with Gasteiger partial charge in [0.15, 0.2) is 0 Å². The zero-order valence-corrected chi connectivity index (χ0v) is 16.6. The van der Waals surface area contributed by atoms with Crippen LogP contribution in [0.4, 0.5) is 10.5 Å². The Morgan fingerprint density at radius 2 is 2.04 bits per heavy atom. The molecule has 0 fully saturated rings. The number of carbonyl (C=O) groups is 2. The van der Waals surface area contributed by atoms with E-state index in [4.69, 9.17) is 9.47 Å². The van der Waals surface area contributed by atoms with Crippen LogP contribution in [-0.2, 0) is 14.3 Å². The number of rotatable bonds is 4. The summed E-state index contributed by atoms with van der Waals surface area (Å²) in [5.74, 6) is -0.656. The summed E-state index contributed by atoms with van der Waals surface area (Å²) in [5.41, 5.74) is 0.274. The van der Waals surface area contributed by atoms with Gasteiger partial charge in [-0.3, -0.25) is 19.9 Å². The standard InChI is InChI=1S/C19H25N3O6/c1-11-8-13(14-6-7-20-10-16(14)22(25)26)9-15(17(11)27-12(2)23)21-18(24)28-19(3,4)5/h6-7,9-11,15,17H,8H2,1-5H3,(H,21,24)/t11-,15+,17+/m0/s1. The highest BCUT2D eigenvalue weighted by Crippen LogP contribution is 2.36. The SMILES string of the molecule is CC(=O)O[C@@H]1[C@@H](C)CC(c2ccncc2[N+](=O)[O-])=C[C@H]1NC(=O)OC(C)(C)C. The number of aromatic nitrogens is 1. The molecule has 9 nitrogen and oxygen atoms in total. The van der Waals surface area contributed by atoms with E-state index in [0.717, 1.165) is 0 Å². The van der Waals surface area contributed by atoms with E-state index in [2.05, 4.69) is 10.3 Å². The average molecular weight is 391 g/mol. The number of esters is 1. The molecule has 1 aliphatic carbocycles. The number of alkyl carbamates (subject to hydrolysis) is 1. The van der Waals surface area contributed by atoms with Gasteiger partial charge in [-0.1, -0.05) is 13.0 Å². The summed E-state index contributed by atoms with van der Waals surface area (Å²) in [6.45, 7) is 8.37. The van der Waals surface area contributed by atoms with Gasteiger partial charge in [-0.25, -0.2) is 4.79 Å². The highest BCUT2D eigenvalue weighted by Gasteiger charge is 2.36. The van der Waals surface area contributed by atoms with Crippen LogP contribution in [-0.4, -0.2) is 39.7 Å². The van der Waals surface area contributed by atoms with Gasteiger partial charge in [0, 0.05) is 13.1 Å². The van der Waals surface area contributed by atoms with E-state index in [-0.39, 0.29) is 11.6 Å². The van der Waals surface area contributed by atoms with E-state index in [0.29, 0.717) is 17.6 Å². The van der Waals surface area contributed by atoms with Gasteiger partial charge in [-0.05, 0) is 44.7 Å². The van der Waals surface area contributed by atoms with Crippen molar-refractivity contribution < 1.29 is 24.0 Å². The highest BCUT2D eigenvalue weighted by molar-refractivity contribution is 5.76. The van der Waals surface area contributed by atoms with E-state index >= 15 is 0 Å². The summed E-state index contributed by atoms with van der Waals surface area (Å²) in [6, 6.07) is 0.873. The Kier molecular flexibility index (Phi) is 6.37. The predicted molar refractivity (Wildman–Crippen MR) is 101 cm³/mol. The molecular weight excluding hydrogens is 366 g/mol. The van der Waals surface area contributed by atoms with Gasteiger partial charge in [-0.2, -0.15) is 0 Å². The third-order valence-corrected chi connectivity index (χ3v) is 4.17. The third kappa shape index (κ3) is 5.51. The maximum absolute atomic E-state index is 12.3. The van der Waals surface area contributed by atoms with Crippen LogP contribution in [0.2, 0.25) is 0 Å². The summed E-state index contributed by atoms with van der Waals surface area (Å²) >= 11 is 0. The molecule has 1 aromatic heterocycles. The molecule has 1 aromatic rings. The summed E-state index contributed by atoms with van der Waals surface area (Å²) in [4.78, 5) is 38.5. The van der Waals surface area contributed by atoms with Crippen molar-refractivity contribution >= 4 is 23.3 Å². The van der Waals surface area contributed by atoms with Gasteiger partial charge >= 0.3 is 12.1 Å². The minimum absolute atomic E-state index is 0.122. The van der Waals surface area contributed by atoms with Crippen molar-refractivity contribution in [3.63, 3.8) is 0 Å². The number of carbonyl (C=O) groups excluding carboxylic acids is 2. The molecule has 0 saturated heterocycles. The average Bonchev–Trinajstić information content (AvgIpc) is 2.55. The Labute approximate surface area is 163 Å². The number of allylic oxidation sites excluding steroid dienone is 1. The van der Waals surface area contributed by atoms with Crippen LogP contribution < -0.4 is 5.32 Å². The van der Waals surface area contributed by atoms with Gasteiger partial charge in [0.05, 0.1) is 16.5 Å². The Morgan fingerprint density at radius 3 is 2.61 bits per heavy atom. The zero-order chi connectivity index (χ0) is 21.1. The number of pyridine rings is 1. The maximum atomic E-state index is 12.3. The molecule has 0 aliphatic heterocycles. The first-order valence-electron chi connectivity index (χ1n) is 8.94. The van der Waals surface area contributed by atoms with Gasteiger partial charge < -0.3 is 14.8 Å². The number of ether oxygens (including phenoxy) is 2. The minimum atomic E-state index is -0.697. The third-order valence-electron chi connectivity index (χ3n) is 4.17. The van der Waals surface area contributed by atoms with Crippen molar-refractivity contribution in [2.75, 3.05) is 0 Å². The molecule has 2 rings (SSSR count). The summed E-state index contributed by atoms with van der Waals surface area (Å²) in [6.07, 6.45) is 3.51. The maximum Gasteiger partial charge on any atom is 0.408 e. The van der Waals surface area contributed by atoms with Crippen molar-refractivity contribution in [3.05, 3.63) is 40.2 Å². The molecule has 1 aliphatic rings. The predicted octanol–water partition coefficient (Wildman–Crippen LogP) is 3.24. The number of amides is 1. The first kappa shape index (κ1) is 21.3. The van der Waals surface area contributed by atoms with Crippen molar-refractivity contribution in [2.24, 2.45) is 5.92 Å². The lowest BCUT2D eigenvalue weighted by Gasteiger charge is -2.35. The molecule has 0 radical (unpaired) electrons. The minimum Gasteiger partial charge on any atom is -0.460 e. The quantitative estimate of drug-likeness (QED) is 0.475. The van der Waals surface area contributed by atoms with E-state index in [9.17, 15) is 19.7 Å². The first-order chi connectivity index (χ1) is 13.0. The second-order valence-electron chi connectivity index (χ2n) is 7.77. The first-order valence-corrected chi connectivity index (χ1v) is 8.94. The summed E-state index contributed by atoms with van der Waals surface area (Å²) in [5, 5.41) is 14.1. The van der Waals surface area contributed by atoms with Crippen LogP contribution in [0.25, 0.3) is 5.57 Å². The van der Waals surface area contributed by atoms with E-state index in [1.807, 2.05) is 6.92 Å². The van der Waals surface area contributed by atoms with Crippen LogP contribution >= 0.6 is 0 Å². The fraction of sp³-hybridized carbons (Fsp3) is 0.526. The van der Waals surface area contributed by atoms with E-state index in [1.54, 1.807) is 32.9 Å². The molecule has 1 heterocycles. The highest BCUT2D eigenvalue weighted by atomic mass is 16.6. The Balaban J connectivity index is 2.40. The van der Waals surface area contributed by atoms with E-state index in [1.165, 1.54) is 19.3 Å². The lowest BCUT2D eigenvalue weighted by Crippen LogP contribution is -2.50. The van der Waals surface area contributed by atoms with Crippen molar-refractivity contribution in [2.45, 2.75) is 58.8 Å². The number of nitro groups is 1. The van der Waals surface area contributed by atoms with Crippen molar-refractivity contribution in [1.29, 1.82) is 0 Å². The number of hydrogen-bond donors (Lipinski definition) is 1. The van der Waals surface area contributed by atoms with Gasteiger partial charge in [0.1, 0.15) is 17.9 Å². The van der Waals surface area contributed by atoms with Crippen LogP contribution in [0.3, 0.4) is 0 Å². The normalized spacial score (nSPS) is 22.0. The van der Waals surface area contributed by atoms with Crippen LogP contribution in [0, 0.1) is 16.0 Å². The number of hydrogen-bond acceptors (Lipinski definition) is 7. The molecule has 28 heavy (non-hydrogen) atoms. The molecule has 0 aromatic carbocycles. The zero-order valence-electron chi connectivity index (χ0n) is 16.6. The molecule has 1 N–H and O–H groups in total. The topological polar surface area (TPSA) is 121 Å². The Morgan fingerprint density at radius 1 is 1.36 bits per heavy atom. The lowest BCUT2D eigenvalue weighted by molar-refractivity contribution is -0.385. The van der Waals surface area contributed by atoms with Crippen LogP contribution in [0.5, 0.6) is 0 Å². The molecule has 0 spiro atoms. The lowest BCUT2D eigenvalue weighted by atomic mass is 9.81. The smallest absolute Gasteiger partial charge is 0.408 e. The van der Waals surface area contributed by atoms with Crippen LogP contribution in [0.15, 0.2) is 24.5 Å². The molecule has 9 heteroatoms. The monoisotopic (exact) mass is 391 g/mol. The van der Waals surface area contributed by atoms with Crippen molar-refractivity contribution in [1.82, 2.24) is 10.3 Å². The molecule has 1 amide bonds. The van der Waals surface area contributed by atoms with E-state index < -0.39 is 34.7 Å². The van der Waals surface area contributed by atoms with Gasteiger partial charge in [0.25, 0.3) is 5.69 Å². The molecular formula is C19H25N3O6. The summed E-state index contributed by atoms with van der Waals surface area (Å²) < 4.78 is 10.7. The number of nitrogens with one attached hydrogen (secondary N) is 1. The van der Waals surface area contributed by atoms with Gasteiger partial charge in [0.2, 0.25) is 0 Å². The second kappa shape index (κ2) is 8.37. The fourth-order valence-corrected chi connectivity index (χ4v) is 3.15. The molecule has 0 bridgehead atoms. The molecule has 0 unspecified atom stereocenters. The molecule has 3 atom stereocenters. The second-order valence-corrected chi connectivity index (χ2v) is 7.77. The molecule has 152 valence electrons. The molecule has 0 saturated carbocycles. The number of nitrogens with zero attached hydrogens (tertiary/aromatic N) is 2. The van der Waals surface area contributed by atoms with Gasteiger partial charge in [-0.15, -0.1) is 0 Å². The fourth-order valence-electron chi connectivity index (χ4n) is 3.15.